The third-order valence-corrected chi connectivity index (χ3v) is 4.60. The highest BCUT2D eigenvalue weighted by Crippen LogP contribution is 2.24. The van der Waals surface area contributed by atoms with Gasteiger partial charge in [0, 0.05) is 12.5 Å². The number of rotatable bonds is 3. The van der Waals surface area contributed by atoms with Gasteiger partial charge in [0.1, 0.15) is 0 Å². The largest absolute Gasteiger partial charge is 0.387 e. The second-order valence-corrected chi connectivity index (χ2v) is 5.96. The molecular weight excluding hydrogens is 234 g/mol. The first-order chi connectivity index (χ1) is 9.22. The summed E-state index contributed by atoms with van der Waals surface area (Å²) in [4.78, 5) is 2.50. The zero-order chi connectivity index (χ0) is 13.2. The van der Waals surface area contributed by atoms with Crippen molar-refractivity contribution < 1.29 is 0 Å². The zero-order valence-corrected chi connectivity index (χ0v) is 11.5. The van der Waals surface area contributed by atoms with E-state index >= 15 is 0 Å². The molecule has 1 aliphatic carbocycles. The number of nitrogens with two attached hydrogens (primary N) is 1. The van der Waals surface area contributed by atoms with Crippen molar-refractivity contribution in [3.63, 3.8) is 0 Å². The summed E-state index contributed by atoms with van der Waals surface area (Å²) in [6.07, 6.45) is 5.93. The van der Waals surface area contributed by atoms with Crippen LogP contribution in [-0.4, -0.2) is 23.8 Å². The third-order valence-electron chi connectivity index (χ3n) is 4.60. The fourth-order valence-corrected chi connectivity index (χ4v) is 3.38. The molecule has 1 fully saturated rings. The molecule has 0 spiro atoms. The van der Waals surface area contributed by atoms with Gasteiger partial charge in [-0.25, -0.2) is 0 Å². The summed E-state index contributed by atoms with van der Waals surface area (Å²) in [6.45, 7) is 3.20. The molecule has 1 heterocycles. The van der Waals surface area contributed by atoms with E-state index in [0.29, 0.717) is 11.8 Å². The molecule has 1 saturated heterocycles. The van der Waals surface area contributed by atoms with Crippen molar-refractivity contribution in [2.75, 3.05) is 13.1 Å². The number of aryl methyl sites for hydroxylation is 2. The van der Waals surface area contributed by atoms with E-state index in [1.54, 1.807) is 11.1 Å². The van der Waals surface area contributed by atoms with E-state index in [9.17, 15) is 0 Å². The lowest BCUT2D eigenvalue weighted by Crippen LogP contribution is -2.37. The molecule has 0 amide bonds. The fraction of sp³-hybridized carbons (Fsp3) is 0.562. The summed E-state index contributed by atoms with van der Waals surface area (Å²) in [5, 5.41) is 7.52. The smallest absolute Gasteiger partial charge is 0.0937 e. The monoisotopic (exact) mass is 257 g/mol. The fourth-order valence-electron chi connectivity index (χ4n) is 3.38. The Labute approximate surface area is 115 Å². The van der Waals surface area contributed by atoms with E-state index < -0.39 is 0 Å². The summed E-state index contributed by atoms with van der Waals surface area (Å²) >= 11 is 0. The van der Waals surface area contributed by atoms with Crippen LogP contribution >= 0.6 is 0 Å². The van der Waals surface area contributed by atoms with Crippen molar-refractivity contribution in [1.82, 2.24) is 4.90 Å². The van der Waals surface area contributed by atoms with E-state index in [-0.39, 0.29) is 0 Å². The Kier molecular flexibility index (Phi) is 3.56. The molecule has 1 aliphatic heterocycles. The van der Waals surface area contributed by atoms with Crippen LogP contribution in [0.15, 0.2) is 18.2 Å². The second kappa shape index (κ2) is 5.33. The minimum atomic E-state index is 0.316. The van der Waals surface area contributed by atoms with E-state index in [1.807, 2.05) is 0 Å². The van der Waals surface area contributed by atoms with Gasteiger partial charge in [0.25, 0.3) is 0 Å². The van der Waals surface area contributed by atoms with Crippen LogP contribution in [0.3, 0.4) is 0 Å². The molecule has 0 unspecified atom stereocenters. The molecule has 3 rings (SSSR count). The topological polar surface area (TPSA) is 53.1 Å². The second-order valence-electron chi connectivity index (χ2n) is 5.96. The molecular formula is C16H23N3. The summed E-state index contributed by atoms with van der Waals surface area (Å²) in [5.41, 5.74) is 10.2. The maximum atomic E-state index is 7.52. The Morgan fingerprint density at radius 3 is 2.68 bits per heavy atom. The summed E-state index contributed by atoms with van der Waals surface area (Å²) in [5.74, 6) is 0.688. The van der Waals surface area contributed by atoms with E-state index in [4.69, 9.17) is 11.1 Å². The van der Waals surface area contributed by atoms with Gasteiger partial charge in [-0.2, -0.15) is 0 Å². The van der Waals surface area contributed by atoms with Gasteiger partial charge in [-0.15, -0.1) is 0 Å². The highest BCUT2D eigenvalue weighted by atomic mass is 15.1. The van der Waals surface area contributed by atoms with Crippen LogP contribution in [0.4, 0.5) is 0 Å². The van der Waals surface area contributed by atoms with Crippen LogP contribution in [0.5, 0.6) is 0 Å². The molecule has 3 heteroatoms. The van der Waals surface area contributed by atoms with Gasteiger partial charge in [0.05, 0.1) is 5.84 Å². The molecule has 3 nitrogen and oxygen atoms in total. The minimum Gasteiger partial charge on any atom is -0.387 e. The lowest BCUT2D eigenvalue weighted by molar-refractivity contribution is 0.201. The van der Waals surface area contributed by atoms with Crippen LogP contribution in [0.25, 0.3) is 0 Å². The Morgan fingerprint density at radius 2 is 1.95 bits per heavy atom. The number of fused-ring (bicyclic) bond motifs is 1. The molecule has 2 aliphatic rings. The molecule has 0 atom stereocenters. The number of nitrogens with zero attached hydrogens (tertiary/aromatic N) is 1. The number of piperidine rings is 1. The average Bonchev–Trinajstić information content (AvgIpc) is 2.87. The van der Waals surface area contributed by atoms with Gasteiger partial charge in [-0.05, 0) is 61.9 Å². The first kappa shape index (κ1) is 12.7. The van der Waals surface area contributed by atoms with Gasteiger partial charge in [-0.1, -0.05) is 18.2 Å². The molecule has 0 saturated carbocycles. The van der Waals surface area contributed by atoms with Crippen LogP contribution in [0.2, 0.25) is 0 Å². The molecule has 3 N–H and O–H groups in total. The molecule has 19 heavy (non-hydrogen) atoms. The molecule has 1 aromatic rings. The Morgan fingerprint density at radius 1 is 1.21 bits per heavy atom. The van der Waals surface area contributed by atoms with Crippen molar-refractivity contribution in [3.05, 3.63) is 34.9 Å². The summed E-state index contributed by atoms with van der Waals surface area (Å²) < 4.78 is 0. The van der Waals surface area contributed by atoms with Gasteiger partial charge < -0.3 is 5.73 Å². The normalized spacial score (nSPS) is 20.4. The number of hydrogen-bond donors (Lipinski definition) is 2. The van der Waals surface area contributed by atoms with Crippen LogP contribution in [-0.2, 0) is 19.4 Å². The highest BCUT2D eigenvalue weighted by molar-refractivity contribution is 5.79. The van der Waals surface area contributed by atoms with E-state index in [1.165, 1.54) is 24.8 Å². The highest BCUT2D eigenvalue weighted by Gasteiger charge is 2.21. The number of amidine groups is 1. The van der Waals surface area contributed by atoms with Gasteiger partial charge in [0.2, 0.25) is 0 Å². The van der Waals surface area contributed by atoms with Crippen molar-refractivity contribution >= 4 is 5.84 Å². The number of likely N-dealkylation sites (tertiary alicyclic amines) is 1. The molecule has 102 valence electrons. The Hall–Kier alpha value is -1.35. The predicted octanol–water partition coefficient (Wildman–Crippen LogP) is 2.32. The predicted molar refractivity (Wildman–Crippen MR) is 78.4 cm³/mol. The molecule has 0 aromatic heterocycles. The van der Waals surface area contributed by atoms with Gasteiger partial charge in [0.15, 0.2) is 0 Å². The lowest BCUT2D eigenvalue weighted by atomic mass is 9.95. The van der Waals surface area contributed by atoms with Crippen LogP contribution < -0.4 is 5.73 Å². The number of hydrogen-bond acceptors (Lipinski definition) is 2. The van der Waals surface area contributed by atoms with Crippen LogP contribution in [0.1, 0.15) is 36.0 Å². The number of nitrogens with one attached hydrogen (secondary N) is 1. The quantitative estimate of drug-likeness (QED) is 0.645. The van der Waals surface area contributed by atoms with Crippen molar-refractivity contribution in [2.24, 2.45) is 11.7 Å². The average molecular weight is 257 g/mol. The molecule has 1 aromatic carbocycles. The van der Waals surface area contributed by atoms with Crippen molar-refractivity contribution in [3.8, 4) is 0 Å². The standard InChI is InChI=1S/C16H23N3/c17-16(18)14-6-8-19(9-7-14)11-12-4-5-13-2-1-3-15(13)10-12/h4-5,10,14H,1-3,6-9,11H2,(H3,17,18). The van der Waals surface area contributed by atoms with Crippen LogP contribution in [0, 0.1) is 11.3 Å². The molecule has 0 radical (unpaired) electrons. The SMILES string of the molecule is N=C(N)C1CCN(Cc2ccc3c(c2)CCC3)CC1. The number of benzene rings is 1. The zero-order valence-electron chi connectivity index (χ0n) is 11.5. The summed E-state index contributed by atoms with van der Waals surface area (Å²) in [6, 6.07) is 7.01. The van der Waals surface area contributed by atoms with Gasteiger partial charge >= 0.3 is 0 Å². The van der Waals surface area contributed by atoms with Gasteiger partial charge in [-0.3, -0.25) is 10.3 Å². The van der Waals surface area contributed by atoms with Crippen molar-refractivity contribution in [2.45, 2.75) is 38.6 Å². The lowest BCUT2D eigenvalue weighted by Gasteiger charge is -2.31. The minimum absolute atomic E-state index is 0.316. The van der Waals surface area contributed by atoms with E-state index in [0.717, 1.165) is 32.5 Å². The Bertz CT molecular complexity index is 473. The first-order valence-electron chi connectivity index (χ1n) is 7.39. The maximum Gasteiger partial charge on any atom is 0.0937 e. The maximum absolute atomic E-state index is 7.52. The van der Waals surface area contributed by atoms with E-state index in [2.05, 4.69) is 23.1 Å². The van der Waals surface area contributed by atoms with Crippen molar-refractivity contribution in [1.29, 1.82) is 5.41 Å². The third kappa shape index (κ3) is 2.81. The summed E-state index contributed by atoms with van der Waals surface area (Å²) in [7, 11) is 0. The molecule has 0 bridgehead atoms. The first-order valence-corrected chi connectivity index (χ1v) is 7.39. The Balaban J connectivity index is 1.59.